The Morgan fingerprint density at radius 3 is 2.03 bits per heavy atom. The first-order valence-electron chi connectivity index (χ1n) is 12.5. The van der Waals surface area contributed by atoms with Crippen LogP contribution in [-0.2, 0) is 16.0 Å². The van der Waals surface area contributed by atoms with E-state index in [2.05, 4.69) is 29.2 Å². The van der Waals surface area contributed by atoms with Gasteiger partial charge in [0.15, 0.2) is 5.76 Å². The van der Waals surface area contributed by atoms with Crippen molar-refractivity contribution < 1.29 is 19.0 Å². The monoisotopic (exact) mass is 536 g/mol. The molecule has 0 spiro atoms. The van der Waals surface area contributed by atoms with E-state index in [0.717, 1.165) is 28.2 Å². The van der Waals surface area contributed by atoms with Crippen molar-refractivity contribution in [1.82, 2.24) is 4.90 Å². The highest BCUT2D eigenvalue weighted by atomic mass is 32.1. The molecule has 196 valence electrons. The van der Waals surface area contributed by atoms with Gasteiger partial charge in [-0.3, -0.25) is 9.69 Å². The number of carbonyl (C=O) groups is 1. The second-order valence-corrected chi connectivity index (χ2v) is 9.21. The molecule has 1 saturated heterocycles. The van der Waals surface area contributed by atoms with Crippen molar-refractivity contribution in [1.29, 1.82) is 0 Å². The van der Waals surface area contributed by atoms with E-state index in [1.54, 1.807) is 20.3 Å². The molecule has 1 fully saturated rings. The maximum absolute atomic E-state index is 13.1. The summed E-state index contributed by atoms with van der Waals surface area (Å²) in [5.74, 6) is 1.35. The van der Waals surface area contributed by atoms with Gasteiger partial charge in [0.2, 0.25) is 0 Å². The van der Waals surface area contributed by atoms with Crippen LogP contribution in [0.3, 0.4) is 0 Å². The molecule has 4 aromatic carbocycles. The molecule has 0 bridgehead atoms. The van der Waals surface area contributed by atoms with E-state index >= 15 is 0 Å². The van der Waals surface area contributed by atoms with Gasteiger partial charge in [0.05, 0.1) is 14.2 Å². The first-order chi connectivity index (χ1) is 19.1. The third-order valence-electron chi connectivity index (χ3n) is 6.45. The molecule has 1 amide bonds. The maximum Gasteiger partial charge on any atom is 0.297 e. The van der Waals surface area contributed by atoms with Gasteiger partial charge in [0.25, 0.3) is 11.1 Å². The fourth-order valence-electron chi connectivity index (χ4n) is 4.46. The molecule has 0 atom stereocenters. The van der Waals surface area contributed by atoms with E-state index in [9.17, 15) is 4.79 Å². The van der Waals surface area contributed by atoms with E-state index < -0.39 is 0 Å². The Balaban J connectivity index is 1.32. The molecule has 1 aliphatic heterocycles. The lowest BCUT2D eigenvalue weighted by atomic mass is 10.1. The van der Waals surface area contributed by atoms with Gasteiger partial charge in [0, 0.05) is 29.7 Å². The lowest BCUT2D eigenvalue weighted by molar-refractivity contribution is -0.122. The van der Waals surface area contributed by atoms with E-state index in [1.165, 1.54) is 4.90 Å². The van der Waals surface area contributed by atoms with Crippen molar-refractivity contribution in [3.63, 3.8) is 0 Å². The van der Waals surface area contributed by atoms with Crippen molar-refractivity contribution in [3.8, 4) is 11.5 Å². The van der Waals surface area contributed by atoms with Crippen molar-refractivity contribution in [3.05, 3.63) is 120 Å². The van der Waals surface area contributed by atoms with Crippen LogP contribution in [0.5, 0.6) is 11.5 Å². The summed E-state index contributed by atoms with van der Waals surface area (Å²) in [6.45, 7) is 0.375. The minimum Gasteiger partial charge on any atom is -0.497 e. The normalized spacial score (nSPS) is 13.9. The van der Waals surface area contributed by atoms with Crippen molar-refractivity contribution in [2.45, 2.75) is 6.42 Å². The van der Waals surface area contributed by atoms with Crippen LogP contribution in [0, 0.1) is 0 Å². The zero-order chi connectivity index (χ0) is 27.2. The third kappa shape index (κ3) is 5.78. The number of thiocarbonyl (C=S) groups is 1. The van der Waals surface area contributed by atoms with E-state index in [4.69, 9.17) is 26.4 Å². The molecule has 0 aromatic heterocycles. The van der Waals surface area contributed by atoms with Crippen LogP contribution in [0.15, 0.2) is 109 Å². The highest BCUT2D eigenvalue weighted by Crippen LogP contribution is 2.34. The fraction of sp³-hybridized carbons (Fsp3) is 0.125. The Morgan fingerprint density at radius 1 is 0.821 bits per heavy atom. The van der Waals surface area contributed by atoms with Crippen LogP contribution in [0.1, 0.15) is 11.1 Å². The summed E-state index contributed by atoms with van der Waals surface area (Å²) < 4.78 is 16.4. The largest absolute Gasteiger partial charge is 0.497 e. The molecule has 0 aliphatic carbocycles. The Hall–Kier alpha value is -4.62. The topological polar surface area (TPSA) is 51.2 Å². The third-order valence-corrected chi connectivity index (χ3v) is 6.75. The molecule has 0 unspecified atom stereocenters. The zero-order valence-electron chi connectivity index (χ0n) is 21.7. The summed E-state index contributed by atoms with van der Waals surface area (Å²) in [6.07, 6.45) is 2.28. The summed E-state index contributed by atoms with van der Waals surface area (Å²) in [5.41, 5.74) is 4.89. The number of amides is 1. The molecule has 1 aliphatic rings. The number of ether oxygens (including phenoxy) is 3. The van der Waals surface area contributed by atoms with Gasteiger partial charge < -0.3 is 19.1 Å². The summed E-state index contributed by atoms with van der Waals surface area (Å²) >= 11 is 5.37. The number of benzene rings is 4. The smallest absolute Gasteiger partial charge is 0.297 e. The van der Waals surface area contributed by atoms with Crippen LogP contribution in [-0.4, -0.2) is 36.7 Å². The molecule has 4 aromatic rings. The molecule has 0 saturated carbocycles. The molecule has 5 rings (SSSR count). The summed E-state index contributed by atoms with van der Waals surface area (Å²) in [7, 11) is 3.22. The van der Waals surface area contributed by atoms with E-state index in [1.807, 2.05) is 78.9 Å². The molecule has 1 heterocycles. The van der Waals surface area contributed by atoms with Crippen LogP contribution in [0.4, 0.5) is 17.1 Å². The molecule has 0 radical (unpaired) electrons. The predicted octanol–water partition coefficient (Wildman–Crippen LogP) is 6.90. The first kappa shape index (κ1) is 26.0. The average molecular weight is 537 g/mol. The number of rotatable bonds is 9. The zero-order valence-corrected chi connectivity index (χ0v) is 22.6. The van der Waals surface area contributed by atoms with Crippen LogP contribution in [0.2, 0.25) is 0 Å². The van der Waals surface area contributed by atoms with Gasteiger partial charge in [-0.2, -0.15) is 0 Å². The molecule has 6 nitrogen and oxygen atoms in total. The summed E-state index contributed by atoms with van der Waals surface area (Å²) in [4.78, 5) is 16.8. The van der Waals surface area contributed by atoms with Crippen molar-refractivity contribution in [2.75, 3.05) is 25.7 Å². The van der Waals surface area contributed by atoms with Gasteiger partial charge >= 0.3 is 0 Å². The highest BCUT2D eigenvalue weighted by Gasteiger charge is 2.33. The van der Waals surface area contributed by atoms with Gasteiger partial charge in [0.1, 0.15) is 11.5 Å². The van der Waals surface area contributed by atoms with E-state index in [0.29, 0.717) is 24.5 Å². The highest BCUT2D eigenvalue weighted by molar-refractivity contribution is 7.80. The number of hydrogen-bond acceptors (Lipinski definition) is 6. The average Bonchev–Trinajstić information content (AvgIpc) is 3.25. The lowest BCUT2D eigenvalue weighted by Crippen LogP contribution is -2.30. The number of anilines is 3. The minimum absolute atomic E-state index is 0.148. The Labute approximate surface area is 233 Å². The summed E-state index contributed by atoms with van der Waals surface area (Å²) in [6, 6.07) is 34.0. The SMILES string of the molecule is COc1ccc(CCN2C(=O)/C(=C\c3ccc(N(c4ccccc4)c4ccccc4)cc3)OC2=S)c(OC)c1. The molecule has 39 heavy (non-hydrogen) atoms. The van der Waals surface area contributed by atoms with Crippen molar-refractivity contribution in [2.24, 2.45) is 0 Å². The number of para-hydroxylation sites is 2. The first-order valence-corrected chi connectivity index (χ1v) is 12.9. The van der Waals surface area contributed by atoms with E-state index in [-0.39, 0.29) is 16.8 Å². The van der Waals surface area contributed by atoms with Gasteiger partial charge in [-0.1, -0.05) is 54.6 Å². The Kier molecular flexibility index (Phi) is 7.89. The molecular formula is C32H28N2O4S. The number of carbonyl (C=O) groups excluding carboxylic acids is 1. The fourth-order valence-corrected chi connectivity index (χ4v) is 4.72. The predicted molar refractivity (Wildman–Crippen MR) is 158 cm³/mol. The molecule has 0 N–H and O–H groups in total. The minimum atomic E-state index is -0.258. The number of hydrogen-bond donors (Lipinski definition) is 0. The van der Waals surface area contributed by atoms with Crippen LogP contribution >= 0.6 is 12.2 Å². The number of nitrogens with zero attached hydrogens (tertiary/aromatic N) is 2. The van der Waals surface area contributed by atoms with Crippen LogP contribution < -0.4 is 14.4 Å². The molecular weight excluding hydrogens is 508 g/mol. The lowest BCUT2D eigenvalue weighted by Gasteiger charge is -2.25. The van der Waals surface area contributed by atoms with Gasteiger partial charge in [-0.15, -0.1) is 0 Å². The quantitative estimate of drug-likeness (QED) is 0.171. The van der Waals surface area contributed by atoms with Gasteiger partial charge in [-0.25, -0.2) is 0 Å². The Morgan fingerprint density at radius 2 is 1.44 bits per heavy atom. The second-order valence-electron chi connectivity index (χ2n) is 8.86. The van der Waals surface area contributed by atoms with Gasteiger partial charge in [-0.05, 0) is 78.3 Å². The molecule has 7 heteroatoms. The van der Waals surface area contributed by atoms with Crippen LogP contribution in [0.25, 0.3) is 6.08 Å². The second kappa shape index (κ2) is 11.8. The Bertz CT molecular complexity index is 1450. The maximum atomic E-state index is 13.1. The van der Waals surface area contributed by atoms with Crippen molar-refractivity contribution >= 4 is 46.4 Å². The number of methoxy groups -OCH3 is 2. The summed E-state index contributed by atoms with van der Waals surface area (Å²) in [5, 5.41) is 0.148. The standard InChI is InChI=1S/C32H28N2O4S/c1-36-28-18-15-24(29(22-28)37-2)19-20-33-31(35)30(38-32(33)39)21-23-13-16-27(17-14-23)34(25-9-5-3-6-10-25)26-11-7-4-8-12-26/h3-18,21-22H,19-20H2,1-2H3/b30-21+.